The van der Waals surface area contributed by atoms with Gasteiger partial charge in [-0.2, -0.15) is 0 Å². The Morgan fingerprint density at radius 1 is 1.19 bits per heavy atom. The minimum absolute atomic E-state index is 0.0865. The Bertz CT molecular complexity index is 596. The van der Waals surface area contributed by atoms with Crippen molar-refractivity contribution in [2.24, 2.45) is 0 Å². The molecule has 6 heteroatoms. The van der Waals surface area contributed by atoms with Crippen LogP contribution in [0, 0.1) is 0 Å². The van der Waals surface area contributed by atoms with Crippen LogP contribution in [0.25, 0.3) is 6.08 Å². The van der Waals surface area contributed by atoms with E-state index in [9.17, 15) is 0 Å². The molecule has 1 nitrogen and oxygen atoms in total. The fourth-order valence-electron chi connectivity index (χ4n) is 3.09. The molecule has 0 radical (unpaired) electrons. The standard InChI is InChI=1S/C9H6Br.C4H10N.C2H7Si.2ClH.Zr/c10-9-5-7-3-1-2-4-8(7)6-9;1-4(2,3)5;1-3-2;;;/h1-6H;5H,1-3H3;3H,1-2H3;2*1H;/q;-1;;;;+3/p-2. The Hall–Kier alpha value is 1.08. The molecular weight excluding hydrogens is 464 g/mol. The number of halogens is 3. The molecule has 1 aromatic carbocycles. The summed E-state index contributed by atoms with van der Waals surface area (Å²) in [6.45, 7) is 11.0. The quantitative estimate of drug-likeness (QED) is 0.535. The molecule has 1 atom stereocenters. The van der Waals surface area contributed by atoms with Crippen LogP contribution in [0.4, 0.5) is 0 Å². The minimum atomic E-state index is -4.18. The van der Waals surface area contributed by atoms with Gasteiger partial charge < -0.3 is 0 Å². The predicted octanol–water partition coefficient (Wildman–Crippen LogP) is 5.76. The average Bonchev–Trinajstić information content (AvgIpc) is 2.62. The second-order valence-corrected chi connectivity index (χ2v) is 48.9. The van der Waals surface area contributed by atoms with Gasteiger partial charge in [-0.3, -0.25) is 0 Å². The molecule has 0 spiro atoms. The Morgan fingerprint density at radius 3 is 2.29 bits per heavy atom. The van der Waals surface area contributed by atoms with Gasteiger partial charge in [0.05, 0.1) is 0 Å². The molecule has 0 heterocycles. The molecule has 0 amide bonds. The molecule has 0 fully saturated rings. The van der Waals surface area contributed by atoms with Gasteiger partial charge in [-0.15, -0.1) is 0 Å². The molecule has 1 N–H and O–H groups in total. The zero-order valence-corrected chi connectivity index (χ0v) is 19.9. The molecule has 1 unspecified atom stereocenters. The van der Waals surface area contributed by atoms with E-state index >= 15 is 0 Å². The molecular formula is C15H23BrCl2NSiZr. The van der Waals surface area contributed by atoms with Crippen LogP contribution in [0.3, 0.4) is 0 Å². The third-order valence-corrected chi connectivity index (χ3v) is 52.7. The first-order chi connectivity index (χ1) is 9.45. The Labute approximate surface area is 145 Å². The van der Waals surface area contributed by atoms with E-state index in [-0.39, 0.29) is 9.16 Å². The topological polar surface area (TPSA) is 12.0 Å². The van der Waals surface area contributed by atoms with Crippen molar-refractivity contribution in [3.05, 3.63) is 39.9 Å². The maximum atomic E-state index is 7.40. The van der Waals surface area contributed by atoms with Crippen LogP contribution in [0.5, 0.6) is 0 Å². The Morgan fingerprint density at radius 2 is 1.76 bits per heavy atom. The normalized spacial score (nSPS) is 20.9. The van der Waals surface area contributed by atoms with Crippen molar-refractivity contribution in [3.8, 4) is 0 Å². The summed E-state index contributed by atoms with van der Waals surface area (Å²) in [5.41, 5.74) is 2.43. The molecule has 2 rings (SSSR count). The van der Waals surface area contributed by atoms with Crippen LogP contribution in [0.15, 0.2) is 28.7 Å². The fraction of sp³-hybridized carbons (Fsp3) is 0.467. The molecule has 0 saturated carbocycles. The van der Waals surface area contributed by atoms with Crippen LogP contribution >= 0.6 is 33.0 Å². The maximum absolute atomic E-state index is 7.40. The van der Waals surface area contributed by atoms with Gasteiger partial charge in [0.1, 0.15) is 0 Å². The van der Waals surface area contributed by atoms with Crippen LogP contribution in [-0.4, -0.2) is 11.5 Å². The number of benzene rings is 1. The molecule has 0 saturated heterocycles. The van der Waals surface area contributed by atoms with E-state index in [0.29, 0.717) is 0 Å². The van der Waals surface area contributed by atoms with Gasteiger partial charge in [0, 0.05) is 0 Å². The van der Waals surface area contributed by atoms with Gasteiger partial charge in [-0.05, 0) is 0 Å². The summed E-state index contributed by atoms with van der Waals surface area (Å²) < 4.78 is 5.01. The molecule has 1 aliphatic rings. The van der Waals surface area contributed by atoms with Crippen LogP contribution < -0.4 is 3.26 Å². The van der Waals surface area contributed by atoms with Crippen molar-refractivity contribution < 1.29 is 15.8 Å². The summed E-state index contributed by atoms with van der Waals surface area (Å²) in [5.74, 6) is -1.31. The summed E-state index contributed by atoms with van der Waals surface area (Å²) in [6, 6.07) is 8.45. The first-order valence-electron chi connectivity index (χ1n) is 7.28. The number of hydrogen-bond acceptors (Lipinski definition) is 1. The van der Waals surface area contributed by atoms with Crippen molar-refractivity contribution in [2.75, 3.05) is 0 Å². The van der Waals surface area contributed by atoms with Crippen LogP contribution in [0.1, 0.15) is 35.5 Å². The monoisotopic (exact) mass is 484 g/mol. The molecule has 0 aliphatic heterocycles. The van der Waals surface area contributed by atoms with Gasteiger partial charge in [-0.1, -0.05) is 0 Å². The van der Waals surface area contributed by atoms with Gasteiger partial charge in [0.25, 0.3) is 0 Å². The van der Waals surface area contributed by atoms with Crippen molar-refractivity contribution in [1.29, 1.82) is 0 Å². The van der Waals surface area contributed by atoms with E-state index in [2.05, 4.69) is 83.4 Å². The average molecular weight is 487 g/mol. The van der Waals surface area contributed by atoms with Gasteiger partial charge in [0.2, 0.25) is 0 Å². The van der Waals surface area contributed by atoms with Gasteiger partial charge in [0.15, 0.2) is 0 Å². The van der Waals surface area contributed by atoms with E-state index in [1.807, 2.05) is 0 Å². The second kappa shape index (κ2) is 5.86. The fourth-order valence-corrected chi connectivity index (χ4v) is 35.6. The third-order valence-electron chi connectivity index (χ3n) is 4.08. The SMILES string of the molecule is C[SiH](C)[Zr]([Cl])([Cl])([NH]C(C)(C)C)[CH]1C(Br)=Cc2ccccc21. The number of hydrogen-bond donors (Lipinski definition) is 1. The zero-order valence-electron chi connectivity index (χ0n) is 13.2. The molecule has 117 valence electrons. The summed E-state index contributed by atoms with van der Waals surface area (Å²) in [4.78, 5) is 0. The number of nitrogens with one attached hydrogen (secondary N) is 1. The van der Waals surface area contributed by atoms with Crippen LogP contribution in [-0.2, 0) is 15.8 Å². The summed E-state index contributed by atoms with van der Waals surface area (Å²) in [5, 5.41) is 0. The second-order valence-electron chi connectivity index (χ2n) is 7.27. The predicted molar refractivity (Wildman–Crippen MR) is 99.6 cm³/mol. The Balaban J connectivity index is 2.62. The first-order valence-corrected chi connectivity index (χ1v) is 24.2. The van der Waals surface area contributed by atoms with Crippen molar-refractivity contribution in [1.82, 2.24) is 3.26 Å². The molecule has 1 aliphatic carbocycles. The van der Waals surface area contributed by atoms with Crippen molar-refractivity contribution in [3.63, 3.8) is 0 Å². The van der Waals surface area contributed by atoms with E-state index in [4.69, 9.17) is 17.0 Å². The first kappa shape index (κ1) is 18.4. The summed E-state index contributed by atoms with van der Waals surface area (Å²) in [6.07, 6.45) is 2.18. The molecule has 0 aromatic heterocycles. The van der Waals surface area contributed by atoms with Crippen molar-refractivity contribution in [2.45, 2.75) is 43.0 Å². The molecule has 0 bridgehead atoms. The van der Waals surface area contributed by atoms with Crippen molar-refractivity contribution >= 4 is 45.0 Å². The Kier molecular flexibility index (Phi) is 5.14. The van der Waals surface area contributed by atoms with Crippen LogP contribution in [0.2, 0.25) is 13.1 Å². The van der Waals surface area contributed by atoms with E-state index in [1.165, 1.54) is 11.1 Å². The molecule has 21 heavy (non-hydrogen) atoms. The third kappa shape index (κ3) is 3.46. The van der Waals surface area contributed by atoms with Gasteiger partial charge >= 0.3 is 147 Å². The van der Waals surface area contributed by atoms with E-state index < -0.39 is 21.8 Å². The number of fused-ring (bicyclic) bond motifs is 1. The number of allylic oxidation sites excluding steroid dienone is 1. The zero-order chi connectivity index (χ0) is 16.1. The summed E-state index contributed by atoms with van der Waals surface area (Å²) >= 11 is -0.420. The number of rotatable bonds is 3. The van der Waals surface area contributed by atoms with E-state index in [1.54, 1.807) is 0 Å². The molecule has 1 aromatic rings. The van der Waals surface area contributed by atoms with E-state index in [0.717, 1.165) is 4.48 Å². The van der Waals surface area contributed by atoms with Gasteiger partial charge in [-0.25, -0.2) is 0 Å². The summed E-state index contributed by atoms with van der Waals surface area (Å²) in [7, 11) is 14.8.